The number of hydrogen-bond acceptors (Lipinski definition) is 8. The first-order valence-electron chi connectivity index (χ1n) is 30.0. The number of aromatic hydroxyl groups is 4. The normalized spacial score (nSPS) is 19.1. The number of phenolic OH excluding ortho intramolecular Hbond substituents is 4. The smallest absolute Gasteiger partial charge is 0.128 e. The van der Waals surface area contributed by atoms with Crippen molar-refractivity contribution in [2.24, 2.45) is 20.0 Å². The van der Waals surface area contributed by atoms with E-state index in [0.29, 0.717) is 23.0 Å². The van der Waals surface area contributed by atoms with Crippen LogP contribution in [0.25, 0.3) is 0 Å². The van der Waals surface area contributed by atoms with Crippen molar-refractivity contribution in [1.29, 1.82) is 0 Å². The quantitative estimate of drug-likeness (QED) is 0.131. The van der Waals surface area contributed by atoms with Crippen molar-refractivity contribution < 1.29 is 54.0 Å². The van der Waals surface area contributed by atoms with Crippen LogP contribution in [-0.2, 0) is 76.9 Å². The summed E-state index contributed by atoms with van der Waals surface area (Å²) in [6.45, 7) is 52.1. The van der Waals surface area contributed by atoms with Crippen LogP contribution < -0.4 is 0 Å². The van der Waals surface area contributed by atoms with Crippen molar-refractivity contribution in [3.63, 3.8) is 0 Å². The second-order valence-electron chi connectivity index (χ2n) is 31.8. The second kappa shape index (κ2) is 27.0. The van der Waals surface area contributed by atoms with Crippen LogP contribution in [0.3, 0.4) is 0 Å². The zero-order chi connectivity index (χ0) is 60.5. The van der Waals surface area contributed by atoms with Gasteiger partial charge in [0.2, 0.25) is 0 Å². The van der Waals surface area contributed by atoms with Crippen molar-refractivity contribution >= 4 is 24.9 Å². The van der Waals surface area contributed by atoms with Gasteiger partial charge in [0.15, 0.2) is 0 Å². The molecule has 2 fully saturated rings. The van der Waals surface area contributed by atoms with E-state index in [0.717, 1.165) is 95.9 Å². The van der Waals surface area contributed by atoms with Crippen LogP contribution in [0.2, 0.25) is 0 Å². The number of nitrogens with zero attached hydrogens (tertiary/aromatic N) is 4. The Bertz CT molecular complexity index is 2530. The largest absolute Gasteiger partial charge is 0.507 e. The summed E-state index contributed by atoms with van der Waals surface area (Å²) in [4.78, 5) is 20.1. The molecule has 458 valence electrons. The van der Waals surface area contributed by atoms with Crippen molar-refractivity contribution in [3.05, 3.63) is 115 Å². The van der Waals surface area contributed by atoms with Crippen LogP contribution in [-0.4, -0.2) is 69.5 Å². The van der Waals surface area contributed by atoms with E-state index in [1.807, 2.05) is 24.9 Å². The molecular weight excluding hydrogens is 1100 g/mol. The van der Waals surface area contributed by atoms with Gasteiger partial charge >= 0.3 is 0 Å². The van der Waals surface area contributed by atoms with Gasteiger partial charge in [0.25, 0.3) is 0 Å². The van der Waals surface area contributed by atoms with Crippen molar-refractivity contribution in [3.8, 4) is 23.0 Å². The van der Waals surface area contributed by atoms with Gasteiger partial charge in [-0.25, -0.2) is 0 Å². The molecule has 8 nitrogen and oxygen atoms in total. The van der Waals surface area contributed by atoms with Crippen molar-refractivity contribution in [1.82, 2.24) is 0 Å². The van der Waals surface area contributed by atoms with Gasteiger partial charge in [-0.05, 0) is 116 Å². The van der Waals surface area contributed by atoms with Crippen molar-refractivity contribution in [2.75, 3.05) is 0 Å². The molecular formula is C72H108Co2N4O4. The maximum Gasteiger partial charge on any atom is 0.128 e. The summed E-state index contributed by atoms with van der Waals surface area (Å²) in [6.07, 6.45) is 15.8. The summed E-state index contributed by atoms with van der Waals surface area (Å²) in [7, 11) is 0. The molecule has 6 rings (SSSR count). The van der Waals surface area contributed by atoms with E-state index in [2.05, 4.69) is 215 Å². The SMILES string of the molecule is CC(C)(C)c1cc(C=N[C@@H]2CCCC[C@H]2N=Cc2cc(C(C)(C)C)cc(C(C)(C)C)c2O)c(O)c(C(C)(C)C)c1.CC(C)(C)c1cc(C=N[C@H]2CCCC[C@@H]2N=Cc2cc(C(C)(C)C)cc(C(C)(C)C)c2O)c(O)c(C(C)(C)C)c1.[Co].[Co]. The molecule has 10 heteroatoms. The molecule has 0 heterocycles. The maximum atomic E-state index is 11.2. The van der Waals surface area contributed by atoms with E-state index < -0.39 is 0 Å². The number of rotatable bonds is 8. The van der Waals surface area contributed by atoms with Crippen LogP contribution >= 0.6 is 0 Å². The monoisotopic (exact) mass is 1210 g/mol. The molecule has 0 bridgehead atoms. The zero-order valence-corrected chi connectivity index (χ0v) is 57.2. The van der Waals surface area contributed by atoms with E-state index in [-0.39, 0.29) is 101 Å². The van der Waals surface area contributed by atoms with Crippen LogP contribution in [0.5, 0.6) is 23.0 Å². The molecule has 4 aromatic rings. The van der Waals surface area contributed by atoms with Gasteiger partial charge < -0.3 is 20.4 Å². The second-order valence-corrected chi connectivity index (χ2v) is 31.8. The molecule has 2 aliphatic rings. The summed E-state index contributed by atoms with van der Waals surface area (Å²) < 4.78 is 0. The first-order chi connectivity index (χ1) is 36.4. The predicted molar refractivity (Wildman–Crippen MR) is 344 cm³/mol. The van der Waals surface area contributed by atoms with Gasteiger partial charge in [-0.15, -0.1) is 0 Å². The summed E-state index contributed by atoms with van der Waals surface area (Å²) in [5.74, 6) is 1.27. The first-order valence-corrected chi connectivity index (χ1v) is 30.0. The van der Waals surface area contributed by atoms with Gasteiger partial charge in [-0.3, -0.25) is 20.0 Å². The number of benzene rings is 4. The fraction of sp³-hybridized carbons (Fsp3) is 0.611. The molecule has 2 radical (unpaired) electrons. The molecule has 0 aliphatic heterocycles. The first kappa shape index (κ1) is 72.0. The molecule has 0 spiro atoms. The Kier molecular flexibility index (Phi) is 23.7. The molecule has 4 atom stereocenters. The molecule has 0 unspecified atom stereocenters. The van der Waals surface area contributed by atoms with E-state index in [1.165, 1.54) is 22.3 Å². The minimum absolute atomic E-state index is 0. The Balaban J connectivity index is 0.000000420. The van der Waals surface area contributed by atoms with E-state index in [9.17, 15) is 20.4 Å². The third-order valence-corrected chi connectivity index (χ3v) is 16.3. The molecule has 0 amide bonds. The average Bonchev–Trinajstić information content (AvgIpc) is 3.30. The molecule has 2 aliphatic carbocycles. The fourth-order valence-corrected chi connectivity index (χ4v) is 10.6. The summed E-state index contributed by atoms with van der Waals surface area (Å²) >= 11 is 0. The summed E-state index contributed by atoms with van der Waals surface area (Å²) in [5, 5.41) is 44.9. The minimum Gasteiger partial charge on any atom is -0.507 e. The number of hydrogen-bond donors (Lipinski definition) is 4. The minimum atomic E-state index is -0.179. The Morgan fingerprint density at radius 1 is 0.280 bits per heavy atom. The van der Waals surface area contributed by atoms with Crippen molar-refractivity contribution in [2.45, 2.75) is 285 Å². The van der Waals surface area contributed by atoms with E-state index >= 15 is 0 Å². The third-order valence-electron chi connectivity index (χ3n) is 16.3. The van der Waals surface area contributed by atoms with Crippen LogP contribution in [0.1, 0.15) is 284 Å². The Morgan fingerprint density at radius 2 is 0.439 bits per heavy atom. The van der Waals surface area contributed by atoms with Gasteiger partial charge in [0.1, 0.15) is 23.0 Å². The Hall–Kier alpha value is -4.23. The molecule has 82 heavy (non-hydrogen) atoms. The standard InChI is InChI=1S/2C36H54N2O2.2Co/c2*1-33(2,3)25-17-23(31(39)27(19-25)35(7,8)9)21-37-29-15-13-14-16-30(29)38-22-24-18-26(34(4,5)6)20-28(32(24)40)36(10,11)12;;/h2*17-22,29-30,39-40H,13-16H2,1-12H3;;/t2*29-,30-;;/m10../s1. The van der Waals surface area contributed by atoms with Crippen LogP contribution in [0.4, 0.5) is 0 Å². The summed E-state index contributed by atoms with van der Waals surface area (Å²) in [5.41, 5.74) is 10.8. The molecule has 2 saturated carbocycles. The maximum absolute atomic E-state index is 11.2. The van der Waals surface area contributed by atoms with Crippen LogP contribution in [0.15, 0.2) is 68.5 Å². The Morgan fingerprint density at radius 3 is 0.573 bits per heavy atom. The third kappa shape index (κ3) is 18.9. The predicted octanol–water partition coefficient (Wildman–Crippen LogP) is 18.3. The van der Waals surface area contributed by atoms with Gasteiger partial charge in [-0.1, -0.05) is 216 Å². The van der Waals surface area contributed by atoms with Crippen LogP contribution in [0, 0.1) is 0 Å². The van der Waals surface area contributed by atoms with Gasteiger partial charge in [-0.2, -0.15) is 0 Å². The van der Waals surface area contributed by atoms with E-state index in [4.69, 9.17) is 20.0 Å². The average molecular weight is 1210 g/mol. The molecule has 0 aromatic heterocycles. The molecule has 0 saturated heterocycles. The van der Waals surface area contributed by atoms with Gasteiger partial charge in [0.05, 0.1) is 24.2 Å². The zero-order valence-electron chi connectivity index (χ0n) is 55.1. The van der Waals surface area contributed by atoms with Gasteiger partial charge in [0, 0.05) is 103 Å². The molecule has 4 aromatic carbocycles. The number of phenols is 4. The number of aliphatic imine (C=N–C) groups is 4. The van der Waals surface area contributed by atoms with E-state index in [1.54, 1.807) is 0 Å². The fourth-order valence-electron chi connectivity index (χ4n) is 10.6. The summed E-state index contributed by atoms with van der Waals surface area (Å²) in [6, 6.07) is 17.1. The molecule has 4 N–H and O–H groups in total. The topological polar surface area (TPSA) is 130 Å². The Labute approximate surface area is 519 Å².